The van der Waals surface area contributed by atoms with Gasteiger partial charge in [-0.1, -0.05) is 24.3 Å². The highest BCUT2D eigenvalue weighted by molar-refractivity contribution is 5.85. The van der Waals surface area contributed by atoms with Crippen LogP contribution in [0.15, 0.2) is 65.4 Å². The van der Waals surface area contributed by atoms with Crippen molar-refractivity contribution >= 4 is 10.9 Å². The van der Waals surface area contributed by atoms with Gasteiger partial charge in [0.15, 0.2) is 0 Å². The van der Waals surface area contributed by atoms with Crippen molar-refractivity contribution < 1.29 is 4.42 Å². The standard InChI is InChI=1S/C16H11N3O/c1-2-5-12-11(4-1)10-15(18-12)13-6-3-7-14(19-13)16-17-8-9-20-16/h1-10,18H. The highest BCUT2D eigenvalue weighted by atomic mass is 16.3. The fourth-order valence-electron chi connectivity index (χ4n) is 2.27. The SMILES string of the molecule is c1cc(-c2cc3ccccc3[nH]2)nc(-c2ncco2)c1. The van der Waals surface area contributed by atoms with E-state index in [1.807, 2.05) is 30.3 Å². The zero-order chi connectivity index (χ0) is 13.4. The topological polar surface area (TPSA) is 54.7 Å². The average Bonchev–Trinajstić information content (AvgIpc) is 3.16. The number of oxazole rings is 1. The van der Waals surface area contributed by atoms with Gasteiger partial charge >= 0.3 is 0 Å². The molecule has 0 spiro atoms. The monoisotopic (exact) mass is 261 g/mol. The molecule has 96 valence electrons. The lowest BCUT2D eigenvalue weighted by atomic mass is 10.2. The van der Waals surface area contributed by atoms with E-state index in [2.05, 4.69) is 33.2 Å². The molecule has 0 aliphatic rings. The van der Waals surface area contributed by atoms with Crippen molar-refractivity contribution in [3.05, 3.63) is 61.0 Å². The first-order valence-corrected chi connectivity index (χ1v) is 6.35. The van der Waals surface area contributed by atoms with Crippen molar-refractivity contribution in [1.82, 2.24) is 15.0 Å². The normalized spacial score (nSPS) is 11.0. The Bertz CT molecular complexity index is 829. The highest BCUT2D eigenvalue weighted by Gasteiger charge is 2.08. The third-order valence-corrected chi connectivity index (χ3v) is 3.21. The lowest BCUT2D eigenvalue weighted by Gasteiger charge is -1.99. The molecule has 4 heteroatoms. The fraction of sp³-hybridized carbons (Fsp3) is 0. The molecule has 0 unspecified atom stereocenters. The molecule has 0 saturated heterocycles. The molecule has 4 rings (SSSR count). The number of rotatable bonds is 2. The smallest absolute Gasteiger partial charge is 0.245 e. The first-order chi connectivity index (χ1) is 9.90. The number of para-hydroxylation sites is 1. The van der Waals surface area contributed by atoms with Crippen molar-refractivity contribution in [3.63, 3.8) is 0 Å². The van der Waals surface area contributed by atoms with Crippen LogP contribution in [0.25, 0.3) is 33.9 Å². The van der Waals surface area contributed by atoms with Crippen molar-refractivity contribution in [2.45, 2.75) is 0 Å². The Hall–Kier alpha value is -2.88. The van der Waals surface area contributed by atoms with Crippen LogP contribution in [0.4, 0.5) is 0 Å². The van der Waals surface area contributed by atoms with E-state index in [9.17, 15) is 0 Å². The Kier molecular flexibility index (Phi) is 2.39. The number of aromatic amines is 1. The Labute approximate surface area is 115 Å². The van der Waals surface area contributed by atoms with Crippen LogP contribution in [0.5, 0.6) is 0 Å². The van der Waals surface area contributed by atoms with Crippen LogP contribution >= 0.6 is 0 Å². The van der Waals surface area contributed by atoms with Crippen LogP contribution in [0.1, 0.15) is 0 Å². The molecule has 0 atom stereocenters. The minimum Gasteiger partial charge on any atom is -0.443 e. The summed E-state index contributed by atoms with van der Waals surface area (Å²) in [5.74, 6) is 0.531. The lowest BCUT2D eigenvalue weighted by molar-refractivity contribution is 0.572. The molecular weight excluding hydrogens is 250 g/mol. The molecule has 3 aromatic heterocycles. The maximum absolute atomic E-state index is 5.29. The van der Waals surface area contributed by atoms with Gasteiger partial charge in [-0.05, 0) is 24.3 Å². The molecule has 0 bridgehead atoms. The minimum atomic E-state index is 0.531. The number of nitrogens with one attached hydrogen (secondary N) is 1. The van der Waals surface area contributed by atoms with Gasteiger partial charge in [0, 0.05) is 10.9 Å². The fourth-order valence-corrected chi connectivity index (χ4v) is 2.27. The van der Waals surface area contributed by atoms with Crippen molar-refractivity contribution in [2.75, 3.05) is 0 Å². The van der Waals surface area contributed by atoms with Gasteiger partial charge in [-0.25, -0.2) is 9.97 Å². The molecule has 0 saturated carbocycles. The first-order valence-electron chi connectivity index (χ1n) is 6.35. The van der Waals surface area contributed by atoms with E-state index < -0.39 is 0 Å². The summed E-state index contributed by atoms with van der Waals surface area (Å²) in [6.07, 6.45) is 3.17. The van der Waals surface area contributed by atoms with Crippen molar-refractivity contribution in [1.29, 1.82) is 0 Å². The van der Waals surface area contributed by atoms with E-state index in [-0.39, 0.29) is 0 Å². The number of H-pyrrole nitrogens is 1. The van der Waals surface area contributed by atoms with Gasteiger partial charge in [-0.15, -0.1) is 0 Å². The van der Waals surface area contributed by atoms with E-state index in [0.29, 0.717) is 5.89 Å². The number of fused-ring (bicyclic) bond motifs is 1. The summed E-state index contributed by atoms with van der Waals surface area (Å²) < 4.78 is 5.29. The van der Waals surface area contributed by atoms with Crippen molar-refractivity contribution in [2.24, 2.45) is 0 Å². The van der Waals surface area contributed by atoms with E-state index in [1.54, 1.807) is 12.5 Å². The van der Waals surface area contributed by atoms with Crippen LogP contribution in [-0.4, -0.2) is 15.0 Å². The first kappa shape index (κ1) is 11.0. The van der Waals surface area contributed by atoms with Gasteiger partial charge in [0.2, 0.25) is 5.89 Å². The summed E-state index contributed by atoms with van der Waals surface area (Å²) in [5.41, 5.74) is 3.69. The summed E-state index contributed by atoms with van der Waals surface area (Å²) in [6, 6.07) is 16.1. The van der Waals surface area contributed by atoms with Gasteiger partial charge < -0.3 is 9.40 Å². The van der Waals surface area contributed by atoms with Gasteiger partial charge in [0.1, 0.15) is 12.0 Å². The number of pyridine rings is 1. The molecule has 1 N–H and O–H groups in total. The molecule has 0 aliphatic carbocycles. The average molecular weight is 261 g/mol. The zero-order valence-electron chi connectivity index (χ0n) is 10.6. The van der Waals surface area contributed by atoms with Crippen LogP contribution in [0, 0.1) is 0 Å². The summed E-state index contributed by atoms with van der Waals surface area (Å²) >= 11 is 0. The quantitative estimate of drug-likeness (QED) is 0.595. The molecule has 0 aliphatic heterocycles. The second-order valence-electron chi connectivity index (χ2n) is 4.52. The van der Waals surface area contributed by atoms with Crippen LogP contribution < -0.4 is 0 Å². The summed E-state index contributed by atoms with van der Waals surface area (Å²) in [6.45, 7) is 0. The van der Waals surface area contributed by atoms with Gasteiger partial charge in [-0.2, -0.15) is 0 Å². The molecular formula is C16H11N3O. The molecule has 0 radical (unpaired) electrons. The molecule has 3 heterocycles. The number of benzene rings is 1. The molecule has 0 fully saturated rings. The second-order valence-corrected chi connectivity index (χ2v) is 4.52. The Morgan fingerprint density at radius 2 is 1.85 bits per heavy atom. The third-order valence-electron chi connectivity index (χ3n) is 3.21. The summed E-state index contributed by atoms with van der Waals surface area (Å²) in [4.78, 5) is 12.1. The van der Waals surface area contributed by atoms with E-state index >= 15 is 0 Å². The second kappa shape index (κ2) is 4.35. The predicted molar refractivity (Wildman–Crippen MR) is 77.0 cm³/mol. The zero-order valence-corrected chi connectivity index (χ0v) is 10.6. The molecule has 1 aromatic carbocycles. The minimum absolute atomic E-state index is 0.531. The van der Waals surface area contributed by atoms with E-state index in [1.165, 1.54) is 5.39 Å². The Morgan fingerprint density at radius 1 is 0.950 bits per heavy atom. The van der Waals surface area contributed by atoms with E-state index in [0.717, 1.165) is 22.6 Å². The summed E-state index contributed by atoms with van der Waals surface area (Å²) in [5, 5.41) is 1.17. The number of hydrogen-bond donors (Lipinski definition) is 1. The Balaban J connectivity index is 1.84. The molecule has 4 nitrogen and oxygen atoms in total. The van der Waals surface area contributed by atoms with Crippen molar-refractivity contribution in [3.8, 4) is 23.0 Å². The summed E-state index contributed by atoms with van der Waals surface area (Å²) in [7, 11) is 0. The van der Waals surface area contributed by atoms with Gasteiger partial charge in [0.05, 0.1) is 17.6 Å². The molecule has 4 aromatic rings. The van der Waals surface area contributed by atoms with Gasteiger partial charge in [-0.3, -0.25) is 0 Å². The number of nitrogens with zero attached hydrogens (tertiary/aromatic N) is 2. The van der Waals surface area contributed by atoms with Crippen LogP contribution in [0.2, 0.25) is 0 Å². The maximum Gasteiger partial charge on any atom is 0.245 e. The van der Waals surface area contributed by atoms with Crippen LogP contribution in [0.3, 0.4) is 0 Å². The number of aromatic nitrogens is 3. The highest BCUT2D eigenvalue weighted by Crippen LogP contribution is 2.24. The number of hydrogen-bond acceptors (Lipinski definition) is 3. The van der Waals surface area contributed by atoms with Crippen LogP contribution in [-0.2, 0) is 0 Å². The maximum atomic E-state index is 5.29. The van der Waals surface area contributed by atoms with Gasteiger partial charge in [0.25, 0.3) is 0 Å². The lowest BCUT2D eigenvalue weighted by Crippen LogP contribution is -1.87. The predicted octanol–water partition coefficient (Wildman–Crippen LogP) is 3.88. The third kappa shape index (κ3) is 1.78. The molecule has 20 heavy (non-hydrogen) atoms. The molecule has 0 amide bonds. The largest absolute Gasteiger partial charge is 0.443 e. The Morgan fingerprint density at radius 3 is 2.70 bits per heavy atom. The van der Waals surface area contributed by atoms with E-state index in [4.69, 9.17) is 4.42 Å².